The number of hydrogen-bond donors (Lipinski definition) is 1. The standard InChI is InChI=1S/C16H21N3/c1-12-9-15(10-12)18-13(2)14-3-5-16(6-4-14)19-8-7-17-11-19/h3-8,11-13,15,18H,9-10H2,1-2H3. The smallest absolute Gasteiger partial charge is 0.0991 e. The van der Waals surface area contributed by atoms with Crippen LogP contribution in [0.1, 0.15) is 38.3 Å². The zero-order valence-electron chi connectivity index (χ0n) is 11.6. The first-order valence-corrected chi connectivity index (χ1v) is 7.06. The van der Waals surface area contributed by atoms with Gasteiger partial charge in [-0.2, -0.15) is 0 Å². The Morgan fingerprint density at radius 2 is 2.00 bits per heavy atom. The average Bonchev–Trinajstić information content (AvgIpc) is 2.91. The van der Waals surface area contributed by atoms with Crippen molar-refractivity contribution >= 4 is 0 Å². The van der Waals surface area contributed by atoms with E-state index in [0.717, 1.165) is 11.6 Å². The fourth-order valence-corrected chi connectivity index (χ4v) is 2.84. The maximum atomic E-state index is 4.07. The van der Waals surface area contributed by atoms with Gasteiger partial charge in [0.05, 0.1) is 6.33 Å². The topological polar surface area (TPSA) is 29.9 Å². The van der Waals surface area contributed by atoms with Crippen LogP contribution < -0.4 is 5.32 Å². The molecule has 0 radical (unpaired) electrons. The minimum Gasteiger partial charge on any atom is -0.307 e. The first-order chi connectivity index (χ1) is 9.22. The second-order valence-corrected chi connectivity index (χ2v) is 5.72. The van der Waals surface area contributed by atoms with E-state index in [-0.39, 0.29) is 0 Å². The Hall–Kier alpha value is -1.61. The Morgan fingerprint density at radius 1 is 1.26 bits per heavy atom. The fourth-order valence-electron chi connectivity index (χ4n) is 2.84. The van der Waals surface area contributed by atoms with Crippen molar-refractivity contribution in [2.75, 3.05) is 0 Å². The van der Waals surface area contributed by atoms with Crippen molar-refractivity contribution < 1.29 is 0 Å². The molecule has 1 heterocycles. The van der Waals surface area contributed by atoms with Crippen LogP contribution in [0.15, 0.2) is 43.0 Å². The van der Waals surface area contributed by atoms with Gasteiger partial charge in [0.25, 0.3) is 0 Å². The van der Waals surface area contributed by atoms with E-state index in [4.69, 9.17) is 0 Å². The van der Waals surface area contributed by atoms with Gasteiger partial charge >= 0.3 is 0 Å². The molecule has 100 valence electrons. The van der Waals surface area contributed by atoms with Crippen molar-refractivity contribution in [1.29, 1.82) is 0 Å². The lowest BCUT2D eigenvalue weighted by Gasteiger charge is -2.35. The largest absolute Gasteiger partial charge is 0.307 e. The predicted molar refractivity (Wildman–Crippen MR) is 77.3 cm³/mol. The maximum Gasteiger partial charge on any atom is 0.0991 e. The number of benzene rings is 1. The highest BCUT2D eigenvalue weighted by molar-refractivity contribution is 5.35. The Labute approximate surface area is 114 Å². The minimum atomic E-state index is 0.425. The average molecular weight is 255 g/mol. The SMILES string of the molecule is CC1CC(NC(C)c2ccc(-n3ccnc3)cc2)C1. The van der Waals surface area contributed by atoms with E-state index >= 15 is 0 Å². The molecule has 1 fully saturated rings. The summed E-state index contributed by atoms with van der Waals surface area (Å²) in [5, 5.41) is 3.70. The van der Waals surface area contributed by atoms with Gasteiger partial charge in [-0.05, 0) is 43.4 Å². The molecular formula is C16H21N3. The third-order valence-electron chi connectivity index (χ3n) is 4.06. The number of nitrogens with one attached hydrogen (secondary N) is 1. The molecule has 0 spiro atoms. The highest BCUT2D eigenvalue weighted by Gasteiger charge is 2.26. The Bertz CT molecular complexity index is 509. The third-order valence-corrected chi connectivity index (χ3v) is 4.06. The van der Waals surface area contributed by atoms with Crippen molar-refractivity contribution in [2.45, 2.75) is 38.8 Å². The molecule has 3 heteroatoms. The quantitative estimate of drug-likeness (QED) is 0.908. The summed E-state index contributed by atoms with van der Waals surface area (Å²) in [6.45, 7) is 4.57. The van der Waals surface area contributed by atoms with Crippen molar-refractivity contribution in [1.82, 2.24) is 14.9 Å². The molecule has 19 heavy (non-hydrogen) atoms. The molecule has 1 aliphatic rings. The second kappa shape index (κ2) is 5.17. The van der Waals surface area contributed by atoms with E-state index in [2.05, 4.69) is 48.4 Å². The molecule has 1 aromatic carbocycles. The van der Waals surface area contributed by atoms with Crippen LogP contribution in [-0.2, 0) is 0 Å². The summed E-state index contributed by atoms with van der Waals surface area (Å²) in [5.74, 6) is 0.897. The van der Waals surface area contributed by atoms with Crippen molar-refractivity contribution in [3.8, 4) is 5.69 Å². The number of imidazole rings is 1. The number of hydrogen-bond acceptors (Lipinski definition) is 2. The molecule has 2 aromatic rings. The molecule has 0 saturated heterocycles. The fraction of sp³-hybridized carbons (Fsp3) is 0.438. The highest BCUT2D eigenvalue weighted by atomic mass is 15.0. The highest BCUT2D eigenvalue weighted by Crippen LogP contribution is 2.28. The van der Waals surface area contributed by atoms with Crippen LogP contribution in [0, 0.1) is 5.92 Å². The van der Waals surface area contributed by atoms with Crippen molar-refractivity contribution in [3.63, 3.8) is 0 Å². The molecule has 1 unspecified atom stereocenters. The van der Waals surface area contributed by atoms with Gasteiger partial charge in [-0.15, -0.1) is 0 Å². The lowest BCUT2D eigenvalue weighted by molar-refractivity contribution is 0.226. The summed E-state index contributed by atoms with van der Waals surface area (Å²) < 4.78 is 2.02. The first kappa shape index (κ1) is 12.4. The van der Waals surface area contributed by atoms with Crippen molar-refractivity contribution in [3.05, 3.63) is 48.5 Å². The van der Waals surface area contributed by atoms with Gasteiger partial charge in [-0.1, -0.05) is 19.1 Å². The van der Waals surface area contributed by atoms with Crippen LogP contribution in [0.3, 0.4) is 0 Å². The van der Waals surface area contributed by atoms with Crippen molar-refractivity contribution in [2.24, 2.45) is 5.92 Å². The first-order valence-electron chi connectivity index (χ1n) is 7.06. The lowest BCUT2D eigenvalue weighted by atomic mass is 9.81. The van der Waals surface area contributed by atoms with Crippen LogP contribution in [0.2, 0.25) is 0 Å². The Kier molecular flexibility index (Phi) is 3.38. The van der Waals surface area contributed by atoms with Crippen LogP contribution in [-0.4, -0.2) is 15.6 Å². The van der Waals surface area contributed by atoms with Gasteiger partial charge in [0.2, 0.25) is 0 Å². The van der Waals surface area contributed by atoms with Gasteiger partial charge < -0.3 is 9.88 Å². The monoisotopic (exact) mass is 255 g/mol. The van der Waals surface area contributed by atoms with E-state index in [9.17, 15) is 0 Å². The minimum absolute atomic E-state index is 0.425. The molecule has 0 aliphatic heterocycles. The van der Waals surface area contributed by atoms with Gasteiger partial charge in [0.15, 0.2) is 0 Å². The molecule has 1 N–H and O–H groups in total. The summed E-state index contributed by atoms with van der Waals surface area (Å²) >= 11 is 0. The molecule has 1 aliphatic carbocycles. The molecule has 3 nitrogen and oxygen atoms in total. The van der Waals surface area contributed by atoms with Crippen LogP contribution in [0.25, 0.3) is 5.69 Å². The van der Waals surface area contributed by atoms with E-state index < -0.39 is 0 Å². The molecular weight excluding hydrogens is 234 g/mol. The zero-order chi connectivity index (χ0) is 13.2. The lowest BCUT2D eigenvalue weighted by Crippen LogP contribution is -2.41. The van der Waals surface area contributed by atoms with Gasteiger partial charge in [-0.25, -0.2) is 4.98 Å². The molecule has 1 atom stereocenters. The molecule has 1 saturated carbocycles. The molecule has 3 rings (SSSR count). The normalized spacial score (nSPS) is 23.9. The summed E-state index contributed by atoms with van der Waals surface area (Å²) in [5.41, 5.74) is 2.51. The molecule has 0 amide bonds. The number of nitrogens with zero attached hydrogens (tertiary/aromatic N) is 2. The Morgan fingerprint density at radius 3 is 2.58 bits per heavy atom. The van der Waals surface area contributed by atoms with E-state index in [1.807, 2.05) is 17.1 Å². The molecule has 1 aromatic heterocycles. The Balaban J connectivity index is 1.65. The van der Waals surface area contributed by atoms with Gasteiger partial charge in [0.1, 0.15) is 0 Å². The van der Waals surface area contributed by atoms with Crippen LogP contribution in [0.5, 0.6) is 0 Å². The number of rotatable bonds is 4. The zero-order valence-corrected chi connectivity index (χ0v) is 11.6. The maximum absolute atomic E-state index is 4.07. The van der Waals surface area contributed by atoms with Crippen LogP contribution >= 0.6 is 0 Å². The van der Waals surface area contributed by atoms with Gasteiger partial charge in [-0.3, -0.25) is 0 Å². The predicted octanol–water partition coefficient (Wildman–Crippen LogP) is 3.32. The van der Waals surface area contributed by atoms with Gasteiger partial charge in [0, 0.05) is 30.2 Å². The third kappa shape index (κ3) is 2.71. The van der Waals surface area contributed by atoms with E-state index in [0.29, 0.717) is 12.1 Å². The van der Waals surface area contributed by atoms with Crippen LogP contribution in [0.4, 0.5) is 0 Å². The summed E-state index contributed by atoms with van der Waals surface area (Å²) in [7, 11) is 0. The summed E-state index contributed by atoms with van der Waals surface area (Å²) in [6, 6.07) is 9.84. The second-order valence-electron chi connectivity index (χ2n) is 5.72. The van der Waals surface area contributed by atoms with E-state index in [1.54, 1.807) is 6.20 Å². The number of aromatic nitrogens is 2. The summed E-state index contributed by atoms with van der Waals surface area (Å²) in [6.07, 6.45) is 8.23. The summed E-state index contributed by atoms with van der Waals surface area (Å²) in [4.78, 5) is 4.07. The molecule has 0 bridgehead atoms. The van der Waals surface area contributed by atoms with E-state index in [1.165, 1.54) is 18.4 Å².